The minimum absolute atomic E-state index is 0.254. The average molecular weight is 324 g/mol. The molecule has 5 nitrogen and oxygen atoms in total. The lowest BCUT2D eigenvalue weighted by atomic mass is 9.92. The monoisotopic (exact) mass is 324 g/mol. The molecule has 5 heteroatoms. The molecule has 0 unspecified atom stereocenters. The van der Waals surface area contributed by atoms with Crippen LogP contribution in [0.4, 0.5) is 11.4 Å². The number of hydrogen-bond donors (Lipinski definition) is 1. The Kier molecular flexibility index (Phi) is 4.00. The number of nitrogens with zero attached hydrogens (tertiary/aromatic N) is 3. The highest BCUT2D eigenvalue weighted by molar-refractivity contribution is 5.98. The SMILES string of the molecule is Cc1[nH]cnc1C1CCN(c2ccccc2N2CCCC2=O)CC1. The van der Waals surface area contributed by atoms with E-state index in [4.69, 9.17) is 0 Å². The number of para-hydroxylation sites is 2. The standard InChI is InChI=1S/C19H24N4O/c1-14-19(21-13-20-14)15-8-11-22(12-9-15)16-5-2-3-6-17(16)23-10-4-7-18(23)24/h2-3,5-6,13,15H,4,7-12H2,1H3,(H,20,21). The third-order valence-electron chi connectivity index (χ3n) is 5.34. The number of anilines is 2. The van der Waals surface area contributed by atoms with Crippen molar-refractivity contribution in [2.24, 2.45) is 0 Å². The number of H-pyrrole nitrogens is 1. The van der Waals surface area contributed by atoms with Crippen molar-refractivity contribution in [3.8, 4) is 0 Å². The van der Waals surface area contributed by atoms with Crippen LogP contribution in [0.5, 0.6) is 0 Å². The molecular formula is C19H24N4O. The van der Waals surface area contributed by atoms with Crippen molar-refractivity contribution in [1.82, 2.24) is 9.97 Å². The van der Waals surface area contributed by atoms with Crippen LogP contribution in [-0.4, -0.2) is 35.5 Å². The van der Waals surface area contributed by atoms with Crippen molar-refractivity contribution in [3.63, 3.8) is 0 Å². The molecule has 0 atom stereocenters. The molecule has 2 aromatic rings. The van der Waals surface area contributed by atoms with Crippen LogP contribution in [0.2, 0.25) is 0 Å². The van der Waals surface area contributed by atoms with Gasteiger partial charge in [-0.15, -0.1) is 0 Å². The zero-order valence-electron chi connectivity index (χ0n) is 14.2. The van der Waals surface area contributed by atoms with Crippen LogP contribution in [0.3, 0.4) is 0 Å². The van der Waals surface area contributed by atoms with Crippen molar-refractivity contribution in [1.29, 1.82) is 0 Å². The second-order valence-electron chi connectivity index (χ2n) is 6.81. The van der Waals surface area contributed by atoms with Gasteiger partial charge in [-0.05, 0) is 38.3 Å². The van der Waals surface area contributed by atoms with E-state index in [2.05, 4.69) is 40.0 Å². The van der Waals surface area contributed by atoms with E-state index in [1.54, 1.807) is 6.33 Å². The van der Waals surface area contributed by atoms with E-state index in [0.717, 1.165) is 44.6 Å². The summed E-state index contributed by atoms with van der Waals surface area (Å²) >= 11 is 0. The van der Waals surface area contributed by atoms with E-state index in [9.17, 15) is 4.79 Å². The van der Waals surface area contributed by atoms with Crippen LogP contribution in [0, 0.1) is 6.92 Å². The number of nitrogens with one attached hydrogen (secondary N) is 1. The third kappa shape index (κ3) is 2.68. The second-order valence-corrected chi connectivity index (χ2v) is 6.81. The molecule has 24 heavy (non-hydrogen) atoms. The molecular weight excluding hydrogens is 300 g/mol. The van der Waals surface area contributed by atoms with Crippen LogP contribution in [0.25, 0.3) is 0 Å². The fraction of sp³-hybridized carbons (Fsp3) is 0.474. The summed E-state index contributed by atoms with van der Waals surface area (Å²) in [7, 11) is 0. The van der Waals surface area contributed by atoms with Gasteiger partial charge in [0.25, 0.3) is 0 Å². The van der Waals surface area contributed by atoms with E-state index < -0.39 is 0 Å². The van der Waals surface area contributed by atoms with Crippen LogP contribution >= 0.6 is 0 Å². The van der Waals surface area contributed by atoms with Gasteiger partial charge >= 0.3 is 0 Å². The molecule has 0 saturated carbocycles. The van der Waals surface area contributed by atoms with Crippen molar-refractivity contribution in [2.45, 2.75) is 38.5 Å². The molecule has 2 aliphatic heterocycles. The van der Waals surface area contributed by atoms with E-state index in [-0.39, 0.29) is 5.91 Å². The quantitative estimate of drug-likeness (QED) is 0.943. The van der Waals surface area contributed by atoms with Crippen molar-refractivity contribution in [3.05, 3.63) is 42.0 Å². The molecule has 3 heterocycles. The fourth-order valence-electron chi connectivity index (χ4n) is 4.04. The molecule has 0 radical (unpaired) electrons. The number of aromatic amines is 1. The van der Waals surface area contributed by atoms with Gasteiger partial charge in [-0.2, -0.15) is 0 Å². The first-order chi connectivity index (χ1) is 11.7. The Balaban J connectivity index is 1.52. The van der Waals surface area contributed by atoms with E-state index >= 15 is 0 Å². The summed E-state index contributed by atoms with van der Waals surface area (Å²) in [5.74, 6) is 0.789. The largest absolute Gasteiger partial charge is 0.370 e. The summed E-state index contributed by atoms with van der Waals surface area (Å²) in [6, 6.07) is 8.34. The Morgan fingerprint density at radius 1 is 1.12 bits per heavy atom. The van der Waals surface area contributed by atoms with Gasteiger partial charge in [-0.3, -0.25) is 4.79 Å². The van der Waals surface area contributed by atoms with E-state index in [0.29, 0.717) is 12.3 Å². The Hall–Kier alpha value is -2.30. The first-order valence-corrected chi connectivity index (χ1v) is 8.88. The highest BCUT2D eigenvalue weighted by atomic mass is 16.2. The summed E-state index contributed by atoms with van der Waals surface area (Å²) in [5, 5.41) is 0. The van der Waals surface area contributed by atoms with Crippen LogP contribution < -0.4 is 9.80 Å². The van der Waals surface area contributed by atoms with Gasteiger partial charge in [0.1, 0.15) is 0 Å². The number of rotatable bonds is 3. The van der Waals surface area contributed by atoms with Gasteiger partial charge < -0.3 is 14.8 Å². The Bertz CT molecular complexity index is 730. The molecule has 2 aliphatic rings. The molecule has 0 spiro atoms. The van der Waals surface area contributed by atoms with Crippen LogP contribution in [0.1, 0.15) is 43.0 Å². The highest BCUT2D eigenvalue weighted by Gasteiger charge is 2.28. The number of aryl methyl sites for hydroxylation is 1. The van der Waals surface area contributed by atoms with Crippen molar-refractivity contribution >= 4 is 17.3 Å². The fourth-order valence-corrected chi connectivity index (χ4v) is 4.04. The number of benzene rings is 1. The predicted molar refractivity (Wildman–Crippen MR) is 95.5 cm³/mol. The Morgan fingerprint density at radius 2 is 1.88 bits per heavy atom. The molecule has 1 aromatic heterocycles. The van der Waals surface area contributed by atoms with Gasteiger partial charge in [-0.25, -0.2) is 4.98 Å². The van der Waals surface area contributed by atoms with Crippen LogP contribution in [0.15, 0.2) is 30.6 Å². The maximum atomic E-state index is 12.2. The summed E-state index contributed by atoms with van der Waals surface area (Å²) < 4.78 is 0. The van der Waals surface area contributed by atoms with Gasteiger partial charge in [0, 0.05) is 37.7 Å². The first kappa shape index (κ1) is 15.2. The van der Waals surface area contributed by atoms with Gasteiger partial charge in [0.2, 0.25) is 5.91 Å². The number of piperidine rings is 1. The van der Waals surface area contributed by atoms with Crippen LogP contribution in [-0.2, 0) is 4.79 Å². The lowest BCUT2D eigenvalue weighted by molar-refractivity contribution is -0.117. The number of aromatic nitrogens is 2. The molecule has 0 bridgehead atoms. The molecule has 1 aromatic carbocycles. The van der Waals surface area contributed by atoms with Gasteiger partial charge in [-0.1, -0.05) is 12.1 Å². The number of imidazole rings is 1. The Morgan fingerprint density at radius 3 is 2.50 bits per heavy atom. The molecule has 126 valence electrons. The lowest BCUT2D eigenvalue weighted by Gasteiger charge is -2.35. The zero-order valence-corrected chi connectivity index (χ0v) is 14.2. The number of hydrogen-bond acceptors (Lipinski definition) is 3. The first-order valence-electron chi connectivity index (χ1n) is 8.88. The van der Waals surface area contributed by atoms with E-state index in [1.807, 2.05) is 11.0 Å². The summed E-state index contributed by atoms with van der Waals surface area (Å²) in [5.41, 5.74) is 4.69. The summed E-state index contributed by atoms with van der Waals surface area (Å²) in [4.78, 5) is 24.2. The Labute approximate surface area is 142 Å². The summed E-state index contributed by atoms with van der Waals surface area (Å²) in [6.45, 7) is 4.97. The number of carbonyl (C=O) groups excluding carboxylic acids is 1. The van der Waals surface area contributed by atoms with Gasteiger partial charge in [0.15, 0.2) is 0 Å². The second kappa shape index (κ2) is 6.30. The lowest BCUT2D eigenvalue weighted by Crippen LogP contribution is -2.35. The summed E-state index contributed by atoms with van der Waals surface area (Å²) in [6.07, 6.45) is 5.65. The van der Waals surface area contributed by atoms with E-state index in [1.165, 1.54) is 17.1 Å². The van der Waals surface area contributed by atoms with Crippen molar-refractivity contribution in [2.75, 3.05) is 29.4 Å². The van der Waals surface area contributed by atoms with Crippen molar-refractivity contribution < 1.29 is 4.79 Å². The molecule has 2 fully saturated rings. The normalized spacial score (nSPS) is 19.3. The number of amides is 1. The molecule has 2 saturated heterocycles. The predicted octanol–water partition coefficient (Wildman–Crippen LogP) is 3.23. The van der Waals surface area contributed by atoms with Gasteiger partial charge in [0.05, 0.1) is 23.4 Å². The molecule has 1 N–H and O–H groups in total. The maximum Gasteiger partial charge on any atom is 0.227 e. The zero-order chi connectivity index (χ0) is 16.5. The molecule has 0 aliphatic carbocycles. The molecule has 1 amide bonds. The highest BCUT2D eigenvalue weighted by Crippen LogP contribution is 2.36. The smallest absolute Gasteiger partial charge is 0.227 e. The maximum absolute atomic E-state index is 12.2. The third-order valence-corrected chi connectivity index (χ3v) is 5.34. The average Bonchev–Trinajstić information content (AvgIpc) is 3.23. The molecule has 4 rings (SSSR count). The minimum Gasteiger partial charge on any atom is -0.370 e. The number of carbonyl (C=O) groups is 1. The topological polar surface area (TPSA) is 52.2 Å². The minimum atomic E-state index is 0.254.